The van der Waals surface area contributed by atoms with E-state index in [1.165, 1.54) is 4.88 Å². The smallest absolute Gasteiger partial charge is 0.307 e. The number of carboxylic acid groups (broad SMARTS) is 1. The van der Waals surface area contributed by atoms with Gasteiger partial charge in [0.15, 0.2) is 0 Å². The summed E-state index contributed by atoms with van der Waals surface area (Å²) in [7, 11) is 0. The maximum Gasteiger partial charge on any atom is 0.307 e. The average Bonchev–Trinajstić information content (AvgIpc) is 3.08. The summed E-state index contributed by atoms with van der Waals surface area (Å²) in [5.74, 6) is -2.58. The molecule has 6 nitrogen and oxygen atoms in total. The van der Waals surface area contributed by atoms with E-state index in [-0.39, 0.29) is 17.7 Å². The van der Waals surface area contributed by atoms with Crippen molar-refractivity contribution in [2.24, 2.45) is 29.6 Å². The van der Waals surface area contributed by atoms with Crippen LogP contribution in [0.2, 0.25) is 0 Å². The molecule has 1 saturated carbocycles. The first-order valence-electron chi connectivity index (χ1n) is 9.56. The lowest BCUT2D eigenvalue weighted by molar-refractivity contribution is -0.153. The van der Waals surface area contributed by atoms with Crippen LogP contribution in [-0.2, 0) is 22.4 Å². The summed E-state index contributed by atoms with van der Waals surface area (Å²) >= 11 is 1.60. The monoisotopic (exact) mass is 388 g/mol. The topological polar surface area (TPSA) is 95.5 Å². The number of carbonyl (C=O) groups is 3. The van der Waals surface area contributed by atoms with Gasteiger partial charge in [-0.25, -0.2) is 0 Å². The van der Waals surface area contributed by atoms with Gasteiger partial charge < -0.3 is 5.11 Å². The molecule has 0 aromatic carbocycles. The van der Waals surface area contributed by atoms with Crippen molar-refractivity contribution in [2.75, 3.05) is 0 Å². The van der Waals surface area contributed by atoms with E-state index in [2.05, 4.69) is 17.8 Å². The molecule has 144 valence electrons. The molecule has 1 aromatic rings. The number of rotatable bonds is 3. The van der Waals surface area contributed by atoms with Crippen molar-refractivity contribution >= 4 is 29.1 Å². The molecule has 0 radical (unpaired) electrons. The second-order valence-corrected chi connectivity index (χ2v) is 8.99. The van der Waals surface area contributed by atoms with E-state index in [0.29, 0.717) is 11.5 Å². The predicted octanol–water partition coefficient (Wildman–Crippen LogP) is 2.55. The van der Waals surface area contributed by atoms with Gasteiger partial charge in [-0.1, -0.05) is 19.1 Å². The van der Waals surface area contributed by atoms with Gasteiger partial charge >= 0.3 is 5.97 Å². The van der Waals surface area contributed by atoms with Gasteiger partial charge in [-0.3, -0.25) is 25.2 Å². The van der Waals surface area contributed by atoms with Crippen molar-refractivity contribution in [1.82, 2.24) is 10.9 Å². The Morgan fingerprint density at radius 3 is 2.44 bits per heavy atom. The molecule has 0 spiro atoms. The van der Waals surface area contributed by atoms with Gasteiger partial charge in [0.25, 0.3) is 5.91 Å². The molecule has 0 aliphatic heterocycles. The predicted molar refractivity (Wildman–Crippen MR) is 101 cm³/mol. The molecule has 1 heterocycles. The molecule has 5 rings (SSSR count). The van der Waals surface area contributed by atoms with Crippen molar-refractivity contribution in [1.29, 1.82) is 0 Å². The molecular formula is C20H24N2O4S. The van der Waals surface area contributed by atoms with Crippen molar-refractivity contribution in [3.63, 3.8) is 0 Å². The van der Waals surface area contributed by atoms with Crippen LogP contribution in [0.15, 0.2) is 17.5 Å². The summed E-state index contributed by atoms with van der Waals surface area (Å²) in [5.41, 5.74) is 6.73. The normalized spacial score (nSPS) is 31.2. The number of carbonyl (C=O) groups excluding carboxylic acids is 2. The van der Waals surface area contributed by atoms with Gasteiger partial charge in [0, 0.05) is 10.3 Å². The van der Waals surface area contributed by atoms with E-state index in [4.69, 9.17) is 0 Å². The van der Waals surface area contributed by atoms with E-state index >= 15 is 0 Å². The number of nitrogens with one attached hydrogen (secondary N) is 2. The maximum atomic E-state index is 12.7. The van der Waals surface area contributed by atoms with E-state index < -0.39 is 23.7 Å². The SMILES string of the molecule is CC1CCc2c(C(=O)NNC(=O)C3C4C=CC(CC4)C3C(=O)O)csc2C1. The van der Waals surface area contributed by atoms with Crippen LogP contribution in [0, 0.1) is 29.6 Å². The molecule has 1 fully saturated rings. The zero-order chi connectivity index (χ0) is 19.1. The Hall–Kier alpha value is -2.15. The number of carboxylic acids is 1. The van der Waals surface area contributed by atoms with Crippen LogP contribution < -0.4 is 10.9 Å². The molecule has 4 aliphatic carbocycles. The minimum Gasteiger partial charge on any atom is -0.481 e. The number of thiophene rings is 1. The largest absolute Gasteiger partial charge is 0.481 e. The molecule has 0 saturated heterocycles. The second-order valence-electron chi connectivity index (χ2n) is 8.02. The summed E-state index contributed by atoms with van der Waals surface area (Å²) in [6, 6.07) is 0. The second kappa shape index (κ2) is 7.11. The van der Waals surface area contributed by atoms with E-state index in [0.717, 1.165) is 37.7 Å². The summed E-state index contributed by atoms with van der Waals surface area (Å²) < 4.78 is 0. The van der Waals surface area contributed by atoms with Gasteiger partial charge in [-0.05, 0) is 55.4 Å². The fraction of sp³-hybridized carbons (Fsp3) is 0.550. The number of fused-ring (bicyclic) bond motifs is 3. The zero-order valence-electron chi connectivity index (χ0n) is 15.2. The highest BCUT2D eigenvalue weighted by Crippen LogP contribution is 2.45. The van der Waals surface area contributed by atoms with Crippen molar-refractivity contribution < 1.29 is 19.5 Å². The Morgan fingerprint density at radius 2 is 1.78 bits per heavy atom. The van der Waals surface area contributed by atoms with Crippen LogP contribution >= 0.6 is 11.3 Å². The van der Waals surface area contributed by atoms with Crippen molar-refractivity contribution in [3.8, 4) is 0 Å². The quantitative estimate of drug-likeness (QED) is 0.548. The van der Waals surface area contributed by atoms with E-state index in [1.54, 1.807) is 11.3 Å². The number of hydrogen-bond acceptors (Lipinski definition) is 4. The first-order valence-corrected chi connectivity index (χ1v) is 10.4. The van der Waals surface area contributed by atoms with E-state index in [9.17, 15) is 19.5 Å². The molecule has 27 heavy (non-hydrogen) atoms. The van der Waals surface area contributed by atoms with Crippen molar-refractivity contribution in [2.45, 2.75) is 39.0 Å². The maximum absolute atomic E-state index is 12.7. The van der Waals surface area contributed by atoms with Crippen LogP contribution in [0.1, 0.15) is 47.0 Å². The Kier molecular flexibility index (Phi) is 4.80. The van der Waals surface area contributed by atoms with Crippen LogP contribution in [-0.4, -0.2) is 22.9 Å². The standard InChI is InChI=1S/C20H24N2O4S/c1-10-2-7-13-14(9-27-15(13)8-10)18(23)21-22-19(24)16-11-3-5-12(6-4-11)17(16)20(25)26/h3,5,9-12,16-17H,2,4,6-8H2,1H3,(H,21,23)(H,22,24)(H,25,26). The highest BCUT2D eigenvalue weighted by atomic mass is 32.1. The summed E-state index contributed by atoms with van der Waals surface area (Å²) in [6.45, 7) is 2.22. The Bertz CT molecular complexity index is 815. The summed E-state index contributed by atoms with van der Waals surface area (Å²) in [5, 5.41) is 11.4. The highest BCUT2D eigenvalue weighted by molar-refractivity contribution is 7.10. The third kappa shape index (κ3) is 3.29. The highest BCUT2D eigenvalue weighted by Gasteiger charge is 2.48. The summed E-state index contributed by atoms with van der Waals surface area (Å²) in [4.78, 5) is 38.2. The molecule has 2 amide bonds. The molecule has 2 bridgehead atoms. The minimum absolute atomic E-state index is 0.0802. The lowest BCUT2D eigenvalue weighted by Gasteiger charge is -2.41. The average molecular weight is 388 g/mol. The van der Waals surface area contributed by atoms with Crippen LogP contribution in [0.4, 0.5) is 0 Å². The van der Waals surface area contributed by atoms with E-state index in [1.807, 2.05) is 17.5 Å². The van der Waals surface area contributed by atoms with Gasteiger partial charge in [0.2, 0.25) is 5.91 Å². The third-order valence-corrected chi connectivity index (χ3v) is 7.33. The molecule has 5 unspecified atom stereocenters. The Balaban J connectivity index is 1.43. The fourth-order valence-corrected chi connectivity index (χ4v) is 6.07. The molecule has 4 aliphatic rings. The number of amides is 2. The number of hydrazine groups is 1. The first kappa shape index (κ1) is 18.2. The first-order chi connectivity index (χ1) is 13.0. The molecule has 1 aromatic heterocycles. The summed E-state index contributed by atoms with van der Waals surface area (Å²) in [6.07, 6.45) is 8.44. The Labute approximate surface area is 162 Å². The lowest BCUT2D eigenvalue weighted by atomic mass is 9.62. The van der Waals surface area contributed by atoms with Gasteiger partial charge in [-0.15, -0.1) is 11.3 Å². The molecule has 3 N–H and O–H groups in total. The van der Waals surface area contributed by atoms with Crippen LogP contribution in [0.3, 0.4) is 0 Å². The zero-order valence-corrected chi connectivity index (χ0v) is 16.1. The van der Waals surface area contributed by atoms with Crippen molar-refractivity contribution in [3.05, 3.63) is 33.5 Å². The van der Waals surface area contributed by atoms with Gasteiger partial charge in [0.05, 0.1) is 17.4 Å². The number of aliphatic carboxylic acids is 1. The molecular weight excluding hydrogens is 364 g/mol. The Morgan fingerprint density at radius 1 is 1.07 bits per heavy atom. The molecule has 5 atom stereocenters. The molecule has 7 heteroatoms. The number of allylic oxidation sites excluding steroid dienone is 2. The fourth-order valence-electron chi connectivity index (χ4n) is 4.83. The van der Waals surface area contributed by atoms with Crippen LogP contribution in [0.5, 0.6) is 0 Å². The number of hydrogen-bond donors (Lipinski definition) is 3. The van der Waals surface area contributed by atoms with Gasteiger partial charge in [-0.2, -0.15) is 0 Å². The third-order valence-electron chi connectivity index (χ3n) is 6.28. The minimum atomic E-state index is -0.943. The van der Waals surface area contributed by atoms with Crippen LogP contribution in [0.25, 0.3) is 0 Å². The van der Waals surface area contributed by atoms with Gasteiger partial charge in [0.1, 0.15) is 0 Å². The lowest BCUT2D eigenvalue weighted by Crippen LogP contribution is -2.53.